The number of hydrogen-bond acceptors (Lipinski definition) is 8. The molecule has 0 saturated heterocycles. The first kappa shape index (κ1) is 19.2. The average molecular weight is 472 g/mol. The van der Waals surface area contributed by atoms with Gasteiger partial charge in [-0.2, -0.15) is 5.10 Å². The maximum atomic E-state index is 12.2. The van der Waals surface area contributed by atoms with Crippen LogP contribution in [0.2, 0.25) is 5.15 Å². The van der Waals surface area contributed by atoms with Gasteiger partial charge in [-0.3, -0.25) is 14.8 Å². The van der Waals surface area contributed by atoms with E-state index in [1.807, 2.05) is 24.4 Å². The molecule has 0 aliphatic heterocycles. The second kappa shape index (κ2) is 9.29. The summed E-state index contributed by atoms with van der Waals surface area (Å²) in [5.41, 5.74) is 2.82. The lowest BCUT2D eigenvalue weighted by atomic mass is 9.78. The Hall–Kier alpha value is -3.30. The number of aryl methyl sites for hydroxylation is 1. The van der Waals surface area contributed by atoms with Gasteiger partial charge in [0.05, 0.1) is 54.4 Å². The van der Waals surface area contributed by atoms with E-state index in [-0.39, 0.29) is 17.3 Å². The lowest BCUT2D eigenvalue weighted by molar-refractivity contribution is -0.120. The topological polar surface area (TPSA) is 122 Å². The highest BCUT2D eigenvalue weighted by atomic mass is 35.5. The second-order valence-electron chi connectivity index (χ2n) is 7.94. The van der Waals surface area contributed by atoms with E-state index in [0.29, 0.717) is 46.9 Å². The molecule has 2 heterocycles. The van der Waals surface area contributed by atoms with Crippen LogP contribution in [0.25, 0.3) is 11.3 Å². The van der Waals surface area contributed by atoms with Gasteiger partial charge in [0.15, 0.2) is 10.9 Å². The molecule has 1 saturated carbocycles. The van der Waals surface area contributed by atoms with Crippen LogP contribution < -0.4 is 15.4 Å². The standard InChI is InChI=1S/C23H25ClN6O3/c1-13-7-14(18-11-27-19(12-26-18)23(32)5-4-6-23)22(33-3)17(8-13)28-15-9-20(24)30-29-16(15)10-21(31)25-2/h7-9,11-12,32H,4-6,10H2,1-3H3,(H,25,31)(H,28,30)/i2D3. The summed E-state index contributed by atoms with van der Waals surface area (Å²) < 4.78 is 27.4. The third-order valence-electron chi connectivity index (χ3n) is 5.60. The first-order chi connectivity index (χ1) is 17.0. The van der Waals surface area contributed by atoms with E-state index in [1.54, 1.807) is 12.4 Å². The van der Waals surface area contributed by atoms with Crippen LogP contribution in [-0.4, -0.2) is 45.3 Å². The first-order valence-electron chi connectivity index (χ1n) is 11.8. The predicted octanol–water partition coefficient (Wildman–Crippen LogP) is 3.31. The number of hydrogen-bond donors (Lipinski definition) is 3. The van der Waals surface area contributed by atoms with E-state index in [2.05, 4.69) is 25.5 Å². The molecule has 0 spiro atoms. The highest BCUT2D eigenvalue weighted by molar-refractivity contribution is 6.29. The van der Waals surface area contributed by atoms with Gasteiger partial charge in [0.1, 0.15) is 5.60 Å². The summed E-state index contributed by atoms with van der Waals surface area (Å²) in [6.07, 6.45) is 5.13. The number of rotatable bonds is 7. The minimum atomic E-state index is -2.62. The summed E-state index contributed by atoms with van der Waals surface area (Å²) in [7, 11) is 1.51. The number of methoxy groups -OCH3 is 1. The summed E-state index contributed by atoms with van der Waals surface area (Å²) in [6, 6.07) is 5.22. The van der Waals surface area contributed by atoms with E-state index in [0.717, 1.165) is 12.0 Å². The molecule has 4 rings (SSSR count). The van der Waals surface area contributed by atoms with Crippen molar-refractivity contribution in [1.29, 1.82) is 0 Å². The summed E-state index contributed by atoms with van der Waals surface area (Å²) in [4.78, 5) is 21.2. The van der Waals surface area contributed by atoms with Crippen molar-refractivity contribution in [2.24, 2.45) is 0 Å². The molecule has 0 bridgehead atoms. The number of anilines is 2. The Bertz CT molecular complexity index is 1280. The molecule has 1 amide bonds. The van der Waals surface area contributed by atoms with Crippen molar-refractivity contribution in [3.05, 3.63) is 52.7 Å². The molecule has 10 heteroatoms. The van der Waals surface area contributed by atoms with Crippen LogP contribution in [0.5, 0.6) is 5.75 Å². The van der Waals surface area contributed by atoms with Gasteiger partial charge in [-0.15, -0.1) is 5.10 Å². The van der Waals surface area contributed by atoms with Gasteiger partial charge in [-0.05, 0) is 43.9 Å². The Morgan fingerprint density at radius 1 is 1.24 bits per heavy atom. The Kier molecular flexibility index (Phi) is 5.40. The van der Waals surface area contributed by atoms with Gasteiger partial charge in [-0.25, -0.2) is 0 Å². The number of likely N-dealkylation sites (N-methyl/N-ethyl adjacent to an activating group) is 1. The van der Waals surface area contributed by atoms with Crippen LogP contribution in [-0.2, 0) is 16.8 Å². The normalized spacial score (nSPS) is 16.1. The lowest BCUT2D eigenvalue weighted by Crippen LogP contribution is -2.34. The fourth-order valence-electron chi connectivity index (χ4n) is 3.72. The van der Waals surface area contributed by atoms with Gasteiger partial charge in [0.25, 0.3) is 0 Å². The van der Waals surface area contributed by atoms with E-state index in [9.17, 15) is 9.90 Å². The number of nitrogens with one attached hydrogen (secondary N) is 2. The summed E-state index contributed by atoms with van der Waals surface area (Å²) in [6.45, 7) is -0.723. The first-order valence-corrected chi connectivity index (χ1v) is 10.7. The average Bonchev–Trinajstić information content (AvgIpc) is 2.78. The molecule has 2 aromatic heterocycles. The van der Waals surface area contributed by atoms with E-state index in [1.165, 1.54) is 13.2 Å². The number of aromatic nitrogens is 4. The Morgan fingerprint density at radius 2 is 2.06 bits per heavy atom. The fourth-order valence-corrected chi connectivity index (χ4v) is 3.87. The monoisotopic (exact) mass is 471 g/mol. The van der Waals surface area contributed by atoms with Gasteiger partial charge in [0, 0.05) is 22.7 Å². The van der Waals surface area contributed by atoms with Crippen molar-refractivity contribution in [3.8, 4) is 17.0 Å². The molecule has 1 aliphatic carbocycles. The molecule has 33 heavy (non-hydrogen) atoms. The van der Waals surface area contributed by atoms with E-state index in [4.69, 9.17) is 20.5 Å². The zero-order valence-electron chi connectivity index (χ0n) is 21.1. The van der Waals surface area contributed by atoms with Crippen LogP contribution >= 0.6 is 11.6 Å². The summed E-state index contributed by atoms with van der Waals surface area (Å²) in [5, 5.41) is 23.5. The largest absolute Gasteiger partial charge is 0.494 e. The Morgan fingerprint density at radius 3 is 2.70 bits per heavy atom. The molecular weight excluding hydrogens is 444 g/mol. The molecule has 1 fully saturated rings. The van der Waals surface area contributed by atoms with Crippen molar-refractivity contribution < 1.29 is 18.8 Å². The van der Waals surface area contributed by atoms with Crippen molar-refractivity contribution in [2.45, 2.75) is 38.2 Å². The maximum Gasteiger partial charge on any atom is 0.225 e. The van der Waals surface area contributed by atoms with Gasteiger partial charge >= 0.3 is 0 Å². The zero-order chi connectivity index (χ0) is 26.1. The van der Waals surface area contributed by atoms with Gasteiger partial charge in [0.2, 0.25) is 5.91 Å². The van der Waals surface area contributed by atoms with Crippen molar-refractivity contribution in [2.75, 3.05) is 19.4 Å². The minimum absolute atomic E-state index is 0.0831. The number of ether oxygens (including phenoxy) is 1. The smallest absolute Gasteiger partial charge is 0.225 e. The number of aliphatic hydroxyl groups is 1. The maximum absolute atomic E-state index is 12.2. The quantitative estimate of drug-likeness (QED) is 0.479. The number of carbonyl (C=O) groups is 1. The highest BCUT2D eigenvalue weighted by Crippen LogP contribution is 2.41. The van der Waals surface area contributed by atoms with Crippen molar-refractivity contribution in [3.63, 3.8) is 0 Å². The van der Waals surface area contributed by atoms with Crippen LogP contribution in [0.3, 0.4) is 0 Å². The molecule has 0 atom stereocenters. The van der Waals surface area contributed by atoms with Gasteiger partial charge in [-0.1, -0.05) is 11.6 Å². The van der Waals surface area contributed by atoms with Gasteiger partial charge < -0.3 is 20.5 Å². The molecule has 1 aromatic carbocycles. The molecule has 172 valence electrons. The fraction of sp³-hybridized carbons (Fsp3) is 0.348. The van der Waals surface area contributed by atoms with Crippen molar-refractivity contribution in [1.82, 2.24) is 25.5 Å². The van der Waals surface area contributed by atoms with Crippen molar-refractivity contribution >= 4 is 28.9 Å². The third kappa shape index (κ3) is 4.74. The minimum Gasteiger partial charge on any atom is -0.494 e. The molecule has 3 aromatic rings. The number of carbonyl (C=O) groups excluding carboxylic acids is 1. The Labute approximate surface area is 200 Å². The van der Waals surface area contributed by atoms with E-state index >= 15 is 0 Å². The second-order valence-corrected chi connectivity index (χ2v) is 8.33. The zero-order valence-corrected chi connectivity index (χ0v) is 18.9. The highest BCUT2D eigenvalue weighted by Gasteiger charge is 2.37. The lowest BCUT2D eigenvalue weighted by Gasteiger charge is -2.35. The molecule has 1 aliphatic rings. The number of amides is 1. The Balaban J connectivity index is 1.67. The van der Waals surface area contributed by atoms with Crippen LogP contribution in [0.1, 0.15) is 40.3 Å². The summed E-state index contributed by atoms with van der Waals surface area (Å²) in [5.74, 6) is -0.286. The van der Waals surface area contributed by atoms with E-state index < -0.39 is 18.5 Å². The number of halogens is 1. The number of nitrogens with zero attached hydrogens (tertiary/aromatic N) is 4. The molecular formula is C23H25ClN6O3. The van der Waals surface area contributed by atoms with Crippen LogP contribution in [0, 0.1) is 6.92 Å². The number of benzene rings is 1. The SMILES string of the molecule is [2H]C([2H])([2H])NC(=O)Cc1nnc(Cl)cc1Nc1cc(C)cc(-c2cnc(C3(O)CCC3)cn2)c1OC. The third-order valence-corrected chi connectivity index (χ3v) is 5.78. The molecule has 9 nitrogen and oxygen atoms in total. The predicted molar refractivity (Wildman–Crippen MR) is 125 cm³/mol. The molecule has 0 unspecified atom stereocenters. The summed E-state index contributed by atoms with van der Waals surface area (Å²) >= 11 is 6.05. The van der Waals surface area contributed by atoms with Crippen LogP contribution in [0.15, 0.2) is 30.6 Å². The molecule has 3 N–H and O–H groups in total. The molecule has 0 radical (unpaired) electrons. The van der Waals surface area contributed by atoms with Crippen LogP contribution in [0.4, 0.5) is 11.4 Å².